The van der Waals surface area contributed by atoms with Crippen molar-refractivity contribution in [1.82, 2.24) is 14.7 Å². The molecule has 262 valence electrons. The van der Waals surface area contributed by atoms with E-state index in [1.807, 2.05) is 11.0 Å². The molecule has 11 nitrogen and oxygen atoms in total. The van der Waals surface area contributed by atoms with Gasteiger partial charge in [0.2, 0.25) is 18.4 Å². The van der Waals surface area contributed by atoms with Crippen LogP contribution in [0.2, 0.25) is 0 Å². The van der Waals surface area contributed by atoms with Gasteiger partial charge in [0.1, 0.15) is 5.82 Å². The number of anilines is 1. The highest BCUT2D eigenvalue weighted by Crippen LogP contribution is 2.47. The van der Waals surface area contributed by atoms with Crippen molar-refractivity contribution in [3.63, 3.8) is 0 Å². The van der Waals surface area contributed by atoms with Crippen LogP contribution in [-0.4, -0.2) is 103 Å². The minimum atomic E-state index is -0.973. The van der Waals surface area contributed by atoms with E-state index in [1.54, 1.807) is 46.9 Å². The molecular weight excluding hydrogens is 619 g/mol. The van der Waals surface area contributed by atoms with E-state index >= 15 is 0 Å². The molecule has 0 spiro atoms. The molecule has 0 saturated carbocycles. The van der Waals surface area contributed by atoms with Crippen molar-refractivity contribution in [2.45, 2.75) is 77.3 Å². The maximum atomic E-state index is 14.5. The lowest BCUT2D eigenvalue weighted by Crippen LogP contribution is -2.50. The molecule has 2 aromatic rings. The molecule has 3 atom stereocenters. The Hall–Kier alpha value is -4.06. The molecule has 48 heavy (non-hydrogen) atoms. The SMILES string of the molecule is CCCC(CCC)N(C(=O)CN1C[C@H](c2cc(OC)c3c(c2)OCO3)[C@@H](C(=O)O)[C@@H]1CCN1CCCN(C)C1=O)c1ccc(F)c(C)c1. The molecular formula is C36H49FN4O7. The summed E-state index contributed by atoms with van der Waals surface area (Å²) in [5.41, 5.74) is 1.81. The fraction of sp³-hybridized carbons (Fsp3) is 0.583. The second-order valence-electron chi connectivity index (χ2n) is 13.2. The molecule has 2 saturated heterocycles. The first-order valence-corrected chi connectivity index (χ1v) is 17.1. The number of methoxy groups -OCH3 is 1. The van der Waals surface area contributed by atoms with Crippen LogP contribution in [-0.2, 0) is 9.59 Å². The zero-order valence-electron chi connectivity index (χ0n) is 28.7. The van der Waals surface area contributed by atoms with Crippen LogP contribution in [0.4, 0.5) is 14.9 Å². The number of ether oxygens (including phenoxy) is 3. The molecule has 0 radical (unpaired) electrons. The molecule has 12 heteroatoms. The zero-order chi connectivity index (χ0) is 34.5. The second-order valence-corrected chi connectivity index (χ2v) is 13.2. The highest BCUT2D eigenvalue weighted by Gasteiger charge is 2.48. The van der Waals surface area contributed by atoms with E-state index in [0.29, 0.717) is 61.1 Å². The average Bonchev–Trinajstić information content (AvgIpc) is 3.68. The number of hydrogen-bond acceptors (Lipinski definition) is 7. The maximum Gasteiger partial charge on any atom is 0.319 e. The molecule has 5 rings (SSSR count). The minimum Gasteiger partial charge on any atom is -0.493 e. The standard InChI is InChI=1S/C36H49FN4O7/c1-6-9-25(10-7-2)41(26-11-12-28(37)23(3)17-26)32(42)21-40-20-27(24-18-30(46-5)34-31(19-24)47-22-48-34)33(35(43)44)29(40)13-16-39-15-8-14-38(4)36(39)45/h11-12,17-19,25,27,29,33H,6-10,13-16,20-22H2,1-5H3,(H,43,44)/t27-,29+,33-/m1/s1. The number of fused-ring (bicyclic) bond motifs is 1. The number of likely N-dealkylation sites (tertiary alicyclic amines) is 1. The second kappa shape index (κ2) is 15.4. The summed E-state index contributed by atoms with van der Waals surface area (Å²) in [4.78, 5) is 47.9. The summed E-state index contributed by atoms with van der Waals surface area (Å²) >= 11 is 0. The predicted molar refractivity (Wildman–Crippen MR) is 179 cm³/mol. The number of aryl methyl sites for hydroxylation is 1. The summed E-state index contributed by atoms with van der Waals surface area (Å²) in [5.74, 6) is -1.42. The van der Waals surface area contributed by atoms with Gasteiger partial charge in [-0.05, 0) is 74.1 Å². The van der Waals surface area contributed by atoms with Crippen LogP contribution in [0.15, 0.2) is 30.3 Å². The van der Waals surface area contributed by atoms with Crippen molar-refractivity contribution in [2.75, 3.05) is 58.6 Å². The zero-order valence-corrected chi connectivity index (χ0v) is 28.7. The number of urea groups is 1. The number of hydrogen-bond donors (Lipinski definition) is 1. The van der Waals surface area contributed by atoms with E-state index < -0.39 is 23.8 Å². The monoisotopic (exact) mass is 668 g/mol. The van der Waals surface area contributed by atoms with Gasteiger partial charge >= 0.3 is 12.0 Å². The van der Waals surface area contributed by atoms with Crippen LogP contribution in [0.1, 0.15) is 69.4 Å². The molecule has 3 amide bonds. The summed E-state index contributed by atoms with van der Waals surface area (Å²) in [7, 11) is 3.30. The van der Waals surface area contributed by atoms with E-state index in [4.69, 9.17) is 14.2 Å². The number of carboxylic acid groups (broad SMARTS) is 1. The van der Waals surface area contributed by atoms with Crippen molar-refractivity contribution in [3.8, 4) is 17.2 Å². The Morgan fingerprint density at radius 2 is 1.88 bits per heavy atom. The van der Waals surface area contributed by atoms with Crippen LogP contribution in [0, 0.1) is 18.7 Å². The van der Waals surface area contributed by atoms with Gasteiger partial charge in [0.05, 0.1) is 19.6 Å². The van der Waals surface area contributed by atoms with E-state index in [2.05, 4.69) is 13.8 Å². The Morgan fingerprint density at radius 3 is 2.54 bits per heavy atom. The summed E-state index contributed by atoms with van der Waals surface area (Å²) in [6.07, 6.45) is 4.51. The molecule has 3 aliphatic heterocycles. The average molecular weight is 669 g/mol. The van der Waals surface area contributed by atoms with Crippen molar-refractivity contribution in [1.29, 1.82) is 0 Å². The van der Waals surface area contributed by atoms with Crippen molar-refractivity contribution < 1.29 is 38.1 Å². The van der Waals surface area contributed by atoms with Crippen LogP contribution in [0.3, 0.4) is 0 Å². The Kier molecular flexibility index (Phi) is 11.3. The van der Waals surface area contributed by atoms with E-state index in [0.717, 1.165) is 37.7 Å². The first-order chi connectivity index (χ1) is 23.1. The fourth-order valence-corrected chi connectivity index (χ4v) is 7.64. The van der Waals surface area contributed by atoms with Crippen molar-refractivity contribution in [2.24, 2.45) is 5.92 Å². The summed E-state index contributed by atoms with van der Waals surface area (Å²) in [6.45, 7) is 7.82. The van der Waals surface area contributed by atoms with Crippen LogP contribution in [0.5, 0.6) is 17.2 Å². The number of carbonyl (C=O) groups is 3. The quantitative estimate of drug-likeness (QED) is 0.282. The fourth-order valence-electron chi connectivity index (χ4n) is 7.64. The van der Waals surface area contributed by atoms with Gasteiger partial charge in [0, 0.05) is 56.9 Å². The van der Waals surface area contributed by atoms with Gasteiger partial charge in [0.15, 0.2) is 11.5 Å². The number of carbonyl (C=O) groups excluding carboxylic acids is 2. The summed E-state index contributed by atoms with van der Waals surface area (Å²) in [5, 5.41) is 10.8. The first kappa shape index (κ1) is 35.3. The molecule has 1 N–H and O–H groups in total. The molecule has 0 aliphatic carbocycles. The third-order valence-corrected chi connectivity index (χ3v) is 9.99. The third-order valence-electron chi connectivity index (χ3n) is 9.99. The lowest BCUT2D eigenvalue weighted by Gasteiger charge is -2.36. The number of amides is 3. The summed E-state index contributed by atoms with van der Waals surface area (Å²) in [6, 6.07) is 7.66. The molecule has 0 unspecified atom stereocenters. The molecule has 0 aromatic heterocycles. The molecule has 2 fully saturated rings. The number of halogens is 1. The number of carboxylic acids is 1. The number of benzene rings is 2. The Bertz CT molecular complexity index is 1480. The Morgan fingerprint density at radius 1 is 1.12 bits per heavy atom. The normalized spacial score (nSPS) is 20.9. The minimum absolute atomic E-state index is 0.0269. The van der Waals surface area contributed by atoms with Gasteiger partial charge < -0.3 is 34.0 Å². The van der Waals surface area contributed by atoms with Gasteiger partial charge in [-0.2, -0.15) is 0 Å². The summed E-state index contributed by atoms with van der Waals surface area (Å²) < 4.78 is 31.2. The first-order valence-electron chi connectivity index (χ1n) is 17.1. The van der Waals surface area contributed by atoms with E-state index in [1.165, 1.54) is 13.2 Å². The van der Waals surface area contributed by atoms with Gasteiger partial charge in [-0.1, -0.05) is 26.7 Å². The van der Waals surface area contributed by atoms with Gasteiger partial charge in [-0.3, -0.25) is 14.5 Å². The maximum absolute atomic E-state index is 14.5. The Labute approximate surface area is 282 Å². The van der Waals surface area contributed by atoms with Gasteiger partial charge in [-0.25, -0.2) is 9.18 Å². The molecule has 3 heterocycles. The lowest BCUT2D eigenvalue weighted by atomic mass is 9.84. The van der Waals surface area contributed by atoms with Crippen LogP contribution in [0.25, 0.3) is 0 Å². The van der Waals surface area contributed by atoms with Crippen LogP contribution >= 0.6 is 0 Å². The van der Waals surface area contributed by atoms with Crippen LogP contribution < -0.4 is 19.1 Å². The van der Waals surface area contributed by atoms with E-state index in [-0.39, 0.29) is 37.1 Å². The number of aliphatic carboxylic acids is 1. The highest BCUT2D eigenvalue weighted by molar-refractivity contribution is 5.95. The lowest BCUT2D eigenvalue weighted by molar-refractivity contribution is -0.143. The molecule has 3 aliphatic rings. The smallest absolute Gasteiger partial charge is 0.319 e. The predicted octanol–water partition coefficient (Wildman–Crippen LogP) is 5.49. The number of rotatable bonds is 14. The van der Waals surface area contributed by atoms with Crippen molar-refractivity contribution in [3.05, 3.63) is 47.3 Å². The van der Waals surface area contributed by atoms with Gasteiger partial charge in [0.25, 0.3) is 0 Å². The van der Waals surface area contributed by atoms with Crippen molar-refractivity contribution >= 4 is 23.6 Å². The number of nitrogens with zero attached hydrogens (tertiary/aromatic N) is 4. The highest BCUT2D eigenvalue weighted by atomic mass is 19.1. The molecule has 0 bridgehead atoms. The third kappa shape index (κ3) is 7.33. The Balaban J connectivity index is 1.51. The largest absolute Gasteiger partial charge is 0.493 e. The molecule has 2 aromatic carbocycles. The van der Waals surface area contributed by atoms with E-state index in [9.17, 15) is 23.9 Å². The van der Waals surface area contributed by atoms with Gasteiger partial charge in [-0.15, -0.1) is 0 Å². The topological polar surface area (TPSA) is 112 Å².